The summed E-state index contributed by atoms with van der Waals surface area (Å²) in [6, 6.07) is 6.17. The lowest BCUT2D eigenvalue weighted by Crippen LogP contribution is -2.18. The van der Waals surface area contributed by atoms with Crippen molar-refractivity contribution in [1.29, 1.82) is 0 Å². The number of nitrogens with zero attached hydrogens (tertiary/aromatic N) is 1. The van der Waals surface area contributed by atoms with Gasteiger partial charge in [-0.05, 0) is 18.1 Å². The Morgan fingerprint density at radius 2 is 2.25 bits per heavy atom. The summed E-state index contributed by atoms with van der Waals surface area (Å²) in [5.74, 6) is 0. The Bertz CT molecular complexity index is 342. The van der Waals surface area contributed by atoms with Gasteiger partial charge in [0.05, 0.1) is 0 Å². The van der Waals surface area contributed by atoms with Crippen LogP contribution in [0, 0.1) is 12.1 Å². The Labute approximate surface area is 71.7 Å². The highest BCUT2D eigenvalue weighted by molar-refractivity contribution is 5.81. The summed E-state index contributed by atoms with van der Waals surface area (Å²) in [4.78, 5) is 0. The molecule has 1 aromatic rings. The highest BCUT2D eigenvalue weighted by Crippen LogP contribution is 2.15. The van der Waals surface area contributed by atoms with Crippen LogP contribution in [0.3, 0.4) is 0 Å². The van der Waals surface area contributed by atoms with Crippen LogP contribution in [-0.4, -0.2) is 17.5 Å². The highest BCUT2D eigenvalue weighted by atomic mass is 16.5. The number of benzene rings is 1. The monoisotopic (exact) mass is 161 g/mol. The highest BCUT2D eigenvalue weighted by Gasteiger charge is 2.12. The lowest BCUT2D eigenvalue weighted by molar-refractivity contribution is -0.453. The van der Waals surface area contributed by atoms with Crippen LogP contribution in [-0.2, 0) is 6.42 Å². The first kappa shape index (κ1) is 7.35. The molecule has 1 aliphatic heterocycles. The standard InChI is InChI=1S/C10H11NO/c1-8-3-2-4-9-5-6-11(12)7-10(8)9/h2-4,7H,5-6H2,1H3. The molecule has 0 saturated heterocycles. The zero-order valence-electron chi connectivity index (χ0n) is 7.08. The van der Waals surface area contributed by atoms with Crippen LogP contribution in [0.15, 0.2) is 18.2 Å². The van der Waals surface area contributed by atoms with E-state index in [2.05, 4.69) is 6.07 Å². The maximum Gasteiger partial charge on any atom is 0.182 e. The Balaban J connectivity index is 2.59. The summed E-state index contributed by atoms with van der Waals surface area (Å²) in [5, 5.41) is 11.0. The lowest BCUT2D eigenvalue weighted by Gasteiger charge is -2.14. The van der Waals surface area contributed by atoms with Crippen LogP contribution in [0.4, 0.5) is 0 Å². The number of fused-ring (bicyclic) bond motifs is 1. The molecule has 0 atom stereocenters. The average molecular weight is 161 g/mol. The van der Waals surface area contributed by atoms with E-state index < -0.39 is 0 Å². The van der Waals surface area contributed by atoms with Gasteiger partial charge in [-0.3, -0.25) is 0 Å². The second kappa shape index (κ2) is 2.63. The minimum absolute atomic E-state index is 0.594. The second-order valence-electron chi connectivity index (χ2n) is 3.17. The van der Waals surface area contributed by atoms with E-state index in [0.717, 1.165) is 16.7 Å². The molecule has 12 heavy (non-hydrogen) atoms. The van der Waals surface area contributed by atoms with Gasteiger partial charge in [0.2, 0.25) is 0 Å². The SMILES string of the molecule is Cc1cccc2c1C=[N+]([O-])CC2. The van der Waals surface area contributed by atoms with Gasteiger partial charge in [0.15, 0.2) is 12.8 Å². The maximum absolute atomic E-state index is 11.0. The molecule has 1 aliphatic rings. The first-order valence-corrected chi connectivity index (χ1v) is 4.14. The fraction of sp³-hybridized carbons (Fsp3) is 0.300. The maximum atomic E-state index is 11.0. The third-order valence-corrected chi connectivity index (χ3v) is 2.29. The number of hydrogen-bond acceptors (Lipinski definition) is 1. The van der Waals surface area contributed by atoms with Crippen molar-refractivity contribution in [3.05, 3.63) is 40.1 Å². The minimum atomic E-state index is 0.594. The van der Waals surface area contributed by atoms with Crippen LogP contribution in [0.2, 0.25) is 0 Å². The Kier molecular flexibility index (Phi) is 1.61. The van der Waals surface area contributed by atoms with Gasteiger partial charge in [-0.2, -0.15) is 0 Å². The molecule has 0 unspecified atom stereocenters. The molecule has 0 radical (unpaired) electrons. The molecule has 0 amide bonds. The van der Waals surface area contributed by atoms with Gasteiger partial charge >= 0.3 is 0 Å². The first-order valence-electron chi connectivity index (χ1n) is 4.14. The molecule has 1 heterocycles. The summed E-state index contributed by atoms with van der Waals surface area (Å²) >= 11 is 0. The number of aryl methyl sites for hydroxylation is 1. The normalized spacial score (nSPS) is 15.2. The van der Waals surface area contributed by atoms with Gasteiger partial charge in [-0.1, -0.05) is 18.2 Å². The number of rotatable bonds is 0. The Hall–Kier alpha value is -1.31. The smallest absolute Gasteiger partial charge is 0.182 e. The van der Waals surface area contributed by atoms with Crippen molar-refractivity contribution in [2.24, 2.45) is 0 Å². The van der Waals surface area contributed by atoms with E-state index in [1.54, 1.807) is 6.21 Å². The van der Waals surface area contributed by atoms with Gasteiger partial charge in [-0.15, -0.1) is 0 Å². The topological polar surface area (TPSA) is 26.1 Å². The molecule has 0 aromatic heterocycles. The fourth-order valence-corrected chi connectivity index (χ4v) is 1.58. The molecule has 0 bridgehead atoms. The predicted octanol–water partition coefficient (Wildman–Crippen LogP) is 1.48. The molecule has 0 spiro atoms. The molecule has 0 saturated carbocycles. The molecular weight excluding hydrogens is 150 g/mol. The third-order valence-electron chi connectivity index (χ3n) is 2.29. The molecule has 1 aromatic carbocycles. The van der Waals surface area contributed by atoms with Crippen molar-refractivity contribution in [3.63, 3.8) is 0 Å². The molecule has 2 nitrogen and oxygen atoms in total. The van der Waals surface area contributed by atoms with Crippen molar-refractivity contribution in [2.75, 3.05) is 6.54 Å². The third kappa shape index (κ3) is 1.09. The predicted molar refractivity (Wildman–Crippen MR) is 48.5 cm³/mol. The van der Waals surface area contributed by atoms with Crippen molar-refractivity contribution >= 4 is 6.21 Å². The van der Waals surface area contributed by atoms with Gasteiger partial charge in [0.25, 0.3) is 0 Å². The molecule has 62 valence electrons. The average Bonchev–Trinajstić information content (AvgIpc) is 2.07. The van der Waals surface area contributed by atoms with Gasteiger partial charge in [0.1, 0.15) is 0 Å². The zero-order chi connectivity index (χ0) is 8.55. The van der Waals surface area contributed by atoms with Gasteiger partial charge < -0.3 is 5.21 Å². The molecule has 0 fully saturated rings. The Morgan fingerprint density at radius 3 is 3.08 bits per heavy atom. The lowest BCUT2D eigenvalue weighted by atomic mass is 9.99. The fourth-order valence-electron chi connectivity index (χ4n) is 1.58. The second-order valence-corrected chi connectivity index (χ2v) is 3.17. The van der Waals surface area contributed by atoms with Crippen LogP contribution in [0.5, 0.6) is 0 Å². The van der Waals surface area contributed by atoms with Crippen LogP contribution >= 0.6 is 0 Å². The van der Waals surface area contributed by atoms with Crippen LogP contribution < -0.4 is 0 Å². The van der Waals surface area contributed by atoms with E-state index in [-0.39, 0.29) is 0 Å². The summed E-state index contributed by atoms with van der Waals surface area (Å²) in [5.41, 5.74) is 3.59. The van der Waals surface area contributed by atoms with Gasteiger partial charge in [0, 0.05) is 12.0 Å². The molecular formula is C10H11NO. The first-order chi connectivity index (χ1) is 5.77. The number of hydrogen-bond donors (Lipinski definition) is 0. The summed E-state index contributed by atoms with van der Waals surface area (Å²) in [6.45, 7) is 2.63. The molecule has 0 aliphatic carbocycles. The van der Waals surface area contributed by atoms with Crippen molar-refractivity contribution < 1.29 is 4.74 Å². The quantitative estimate of drug-likeness (QED) is 0.418. The molecule has 0 N–H and O–H groups in total. The Morgan fingerprint density at radius 1 is 1.42 bits per heavy atom. The van der Waals surface area contributed by atoms with Gasteiger partial charge in [-0.25, -0.2) is 4.74 Å². The van der Waals surface area contributed by atoms with E-state index in [0.29, 0.717) is 6.54 Å². The zero-order valence-corrected chi connectivity index (χ0v) is 7.08. The molecule has 2 rings (SSSR count). The van der Waals surface area contributed by atoms with Crippen LogP contribution in [0.25, 0.3) is 0 Å². The number of hydroxylamine groups is 1. The largest absolute Gasteiger partial charge is 0.624 e. The van der Waals surface area contributed by atoms with E-state index in [9.17, 15) is 5.21 Å². The van der Waals surface area contributed by atoms with E-state index in [4.69, 9.17) is 0 Å². The summed E-state index contributed by atoms with van der Waals surface area (Å²) in [6.07, 6.45) is 2.56. The molecule has 2 heteroatoms. The van der Waals surface area contributed by atoms with Crippen LogP contribution in [0.1, 0.15) is 16.7 Å². The summed E-state index contributed by atoms with van der Waals surface area (Å²) in [7, 11) is 0. The van der Waals surface area contributed by atoms with E-state index in [1.165, 1.54) is 11.1 Å². The minimum Gasteiger partial charge on any atom is -0.624 e. The van der Waals surface area contributed by atoms with Crippen molar-refractivity contribution in [2.45, 2.75) is 13.3 Å². The van der Waals surface area contributed by atoms with Crippen molar-refractivity contribution in [1.82, 2.24) is 0 Å². The summed E-state index contributed by atoms with van der Waals surface area (Å²) < 4.78 is 1.01. The van der Waals surface area contributed by atoms with E-state index >= 15 is 0 Å². The van der Waals surface area contributed by atoms with E-state index in [1.807, 2.05) is 19.1 Å². The van der Waals surface area contributed by atoms with Crippen molar-refractivity contribution in [3.8, 4) is 0 Å².